The van der Waals surface area contributed by atoms with E-state index >= 15 is 0 Å². The molecule has 19 heavy (non-hydrogen) atoms. The Morgan fingerprint density at radius 1 is 1.47 bits per heavy atom. The van der Waals surface area contributed by atoms with E-state index in [-0.39, 0.29) is 23.3 Å². The first kappa shape index (κ1) is 13.9. The molecule has 2 N–H and O–H groups in total. The average molecular weight is 296 g/mol. The number of phenols is 1. The molecule has 2 rings (SSSR count). The number of amides is 1. The maximum absolute atomic E-state index is 12.0. The molecule has 0 saturated heterocycles. The molecule has 0 aliphatic rings. The summed E-state index contributed by atoms with van der Waals surface area (Å²) in [7, 11) is 0. The lowest BCUT2D eigenvalue weighted by Gasteiger charge is -2.13. The average Bonchev–Trinajstić information content (AvgIpc) is 2.81. The van der Waals surface area contributed by atoms with E-state index in [2.05, 4.69) is 5.32 Å². The second-order valence-electron chi connectivity index (χ2n) is 4.32. The molecule has 2 aromatic rings. The van der Waals surface area contributed by atoms with Crippen LogP contribution in [0.15, 0.2) is 35.7 Å². The van der Waals surface area contributed by atoms with E-state index in [9.17, 15) is 9.90 Å². The lowest BCUT2D eigenvalue weighted by molar-refractivity contribution is 0.0937. The second kappa shape index (κ2) is 6.08. The highest BCUT2D eigenvalue weighted by Gasteiger charge is 2.14. The molecule has 0 aliphatic carbocycles. The molecule has 1 atom stereocenters. The summed E-state index contributed by atoms with van der Waals surface area (Å²) >= 11 is 7.39. The monoisotopic (exact) mass is 295 g/mol. The summed E-state index contributed by atoms with van der Waals surface area (Å²) in [6.07, 6.45) is 0.776. The Hall–Kier alpha value is -1.52. The zero-order valence-electron chi connectivity index (χ0n) is 10.4. The molecule has 0 spiro atoms. The standard InChI is InChI=1S/C14H14ClNO2S/c1-9(7-11-3-2-6-19-11)16-14(18)12-5-4-10(15)8-13(12)17/h2-6,8-9,17H,7H2,1H3,(H,16,18). The Morgan fingerprint density at radius 3 is 2.89 bits per heavy atom. The molecule has 1 amide bonds. The Labute approximate surface area is 120 Å². The van der Waals surface area contributed by atoms with Gasteiger partial charge in [0.2, 0.25) is 0 Å². The van der Waals surface area contributed by atoms with Crippen molar-refractivity contribution in [1.29, 1.82) is 0 Å². The molecule has 1 aromatic carbocycles. The van der Waals surface area contributed by atoms with Gasteiger partial charge in [-0.1, -0.05) is 17.7 Å². The van der Waals surface area contributed by atoms with E-state index in [1.807, 2.05) is 24.4 Å². The van der Waals surface area contributed by atoms with Crippen LogP contribution in [0, 0.1) is 0 Å². The van der Waals surface area contributed by atoms with Gasteiger partial charge in [-0.25, -0.2) is 0 Å². The normalized spacial score (nSPS) is 12.1. The first-order valence-corrected chi connectivity index (χ1v) is 7.14. The molecule has 1 unspecified atom stereocenters. The predicted molar refractivity (Wildman–Crippen MR) is 78.1 cm³/mol. The van der Waals surface area contributed by atoms with Gasteiger partial charge in [0, 0.05) is 22.4 Å². The van der Waals surface area contributed by atoms with E-state index in [1.165, 1.54) is 17.0 Å². The number of phenolic OH excluding ortho intramolecular Hbond substituents is 1. The summed E-state index contributed by atoms with van der Waals surface area (Å²) in [4.78, 5) is 13.2. The van der Waals surface area contributed by atoms with Gasteiger partial charge in [-0.05, 0) is 36.6 Å². The predicted octanol–water partition coefficient (Wildman–Crippen LogP) is 3.47. The van der Waals surface area contributed by atoms with Crippen molar-refractivity contribution in [3.8, 4) is 5.75 Å². The maximum Gasteiger partial charge on any atom is 0.255 e. The van der Waals surface area contributed by atoms with Crippen LogP contribution in [0.5, 0.6) is 5.75 Å². The van der Waals surface area contributed by atoms with Crippen LogP contribution in [-0.2, 0) is 6.42 Å². The third kappa shape index (κ3) is 3.72. The van der Waals surface area contributed by atoms with Crippen molar-refractivity contribution in [2.45, 2.75) is 19.4 Å². The van der Waals surface area contributed by atoms with Crippen molar-refractivity contribution in [1.82, 2.24) is 5.32 Å². The number of rotatable bonds is 4. The minimum absolute atomic E-state index is 0.00114. The van der Waals surface area contributed by atoms with Crippen LogP contribution in [0.4, 0.5) is 0 Å². The highest BCUT2D eigenvalue weighted by Crippen LogP contribution is 2.22. The van der Waals surface area contributed by atoms with Crippen LogP contribution < -0.4 is 5.32 Å². The first-order chi connectivity index (χ1) is 9.06. The van der Waals surface area contributed by atoms with Crippen LogP contribution >= 0.6 is 22.9 Å². The number of aromatic hydroxyl groups is 1. The first-order valence-electron chi connectivity index (χ1n) is 5.88. The summed E-state index contributed by atoms with van der Waals surface area (Å²) in [5.41, 5.74) is 0.238. The summed E-state index contributed by atoms with van der Waals surface area (Å²) in [5, 5.41) is 15.0. The van der Waals surface area contributed by atoms with E-state index < -0.39 is 0 Å². The van der Waals surface area contributed by atoms with Gasteiger partial charge < -0.3 is 10.4 Å². The minimum Gasteiger partial charge on any atom is -0.507 e. The summed E-state index contributed by atoms with van der Waals surface area (Å²) in [6, 6.07) is 8.49. The number of halogens is 1. The van der Waals surface area contributed by atoms with Gasteiger partial charge in [-0.15, -0.1) is 11.3 Å². The molecule has 0 bridgehead atoms. The molecule has 1 aromatic heterocycles. The van der Waals surface area contributed by atoms with Crippen LogP contribution in [0.3, 0.4) is 0 Å². The van der Waals surface area contributed by atoms with Crippen LogP contribution in [0.2, 0.25) is 5.02 Å². The summed E-state index contributed by atoms with van der Waals surface area (Å²) in [5.74, 6) is -0.397. The number of carbonyl (C=O) groups is 1. The zero-order valence-corrected chi connectivity index (χ0v) is 12.0. The van der Waals surface area contributed by atoms with Gasteiger partial charge in [0.1, 0.15) is 5.75 Å². The fourth-order valence-electron chi connectivity index (χ4n) is 1.78. The van der Waals surface area contributed by atoms with Crippen LogP contribution in [0.1, 0.15) is 22.2 Å². The van der Waals surface area contributed by atoms with Crippen molar-refractivity contribution in [2.75, 3.05) is 0 Å². The SMILES string of the molecule is CC(Cc1cccs1)NC(=O)c1ccc(Cl)cc1O. The molecule has 1 heterocycles. The summed E-state index contributed by atoms with van der Waals surface area (Å²) in [6.45, 7) is 1.94. The second-order valence-corrected chi connectivity index (χ2v) is 5.79. The van der Waals surface area contributed by atoms with Crippen molar-refractivity contribution < 1.29 is 9.90 Å². The molecular formula is C14H14ClNO2S. The number of nitrogens with one attached hydrogen (secondary N) is 1. The molecule has 0 saturated carbocycles. The van der Waals surface area contributed by atoms with Gasteiger partial charge in [-0.3, -0.25) is 4.79 Å². The van der Waals surface area contributed by atoms with Crippen molar-refractivity contribution in [3.05, 3.63) is 51.2 Å². The lowest BCUT2D eigenvalue weighted by atomic mass is 10.1. The molecule has 0 aliphatic heterocycles. The number of benzene rings is 1. The van der Waals surface area contributed by atoms with Gasteiger partial charge in [0.15, 0.2) is 0 Å². The van der Waals surface area contributed by atoms with Crippen molar-refractivity contribution in [3.63, 3.8) is 0 Å². The molecule has 0 fully saturated rings. The summed E-state index contributed by atoms with van der Waals surface area (Å²) < 4.78 is 0. The van der Waals surface area contributed by atoms with E-state index in [1.54, 1.807) is 17.4 Å². The van der Waals surface area contributed by atoms with E-state index in [4.69, 9.17) is 11.6 Å². The quantitative estimate of drug-likeness (QED) is 0.907. The van der Waals surface area contributed by atoms with Crippen molar-refractivity contribution >= 4 is 28.8 Å². The molecule has 100 valence electrons. The Bertz CT molecular complexity index is 569. The lowest BCUT2D eigenvalue weighted by Crippen LogP contribution is -2.33. The fraction of sp³-hybridized carbons (Fsp3) is 0.214. The third-order valence-corrected chi connectivity index (χ3v) is 3.80. The molecule has 3 nitrogen and oxygen atoms in total. The van der Waals surface area contributed by atoms with Gasteiger partial charge in [0.25, 0.3) is 5.91 Å². The third-order valence-electron chi connectivity index (χ3n) is 2.67. The van der Waals surface area contributed by atoms with E-state index in [0.717, 1.165) is 6.42 Å². The number of thiophene rings is 1. The Morgan fingerprint density at radius 2 is 2.26 bits per heavy atom. The molecule has 5 heteroatoms. The highest BCUT2D eigenvalue weighted by atomic mass is 35.5. The minimum atomic E-state index is -0.293. The molecule has 0 radical (unpaired) electrons. The largest absolute Gasteiger partial charge is 0.507 e. The number of hydrogen-bond acceptors (Lipinski definition) is 3. The number of hydrogen-bond donors (Lipinski definition) is 2. The maximum atomic E-state index is 12.0. The fourth-order valence-corrected chi connectivity index (χ4v) is 2.78. The smallest absolute Gasteiger partial charge is 0.255 e. The highest BCUT2D eigenvalue weighted by molar-refractivity contribution is 7.09. The van der Waals surface area contributed by atoms with Gasteiger partial charge >= 0.3 is 0 Å². The zero-order chi connectivity index (χ0) is 13.8. The Balaban J connectivity index is 2.00. The van der Waals surface area contributed by atoms with E-state index in [0.29, 0.717) is 5.02 Å². The Kier molecular flexibility index (Phi) is 4.45. The van der Waals surface area contributed by atoms with Crippen molar-refractivity contribution in [2.24, 2.45) is 0 Å². The topological polar surface area (TPSA) is 49.3 Å². The van der Waals surface area contributed by atoms with Gasteiger partial charge in [-0.2, -0.15) is 0 Å². The van der Waals surface area contributed by atoms with Gasteiger partial charge in [0.05, 0.1) is 5.56 Å². The van der Waals surface area contributed by atoms with Crippen LogP contribution in [0.25, 0.3) is 0 Å². The van der Waals surface area contributed by atoms with Crippen LogP contribution in [-0.4, -0.2) is 17.1 Å². The molecular weight excluding hydrogens is 282 g/mol. The number of carbonyl (C=O) groups excluding carboxylic acids is 1.